The largest absolute Gasteiger partial charge is 0.462 e. The maximum atomic E-state index is 12.8. The van der Waals surface area contributed by atoms with Crippen molar-refractivity contribution < 1.29 is 56.8 Å². The lowest BCUT2D eigenvalue weighted by molar-refractivity contribution is -0.297. The van der Waals surface area contributed by atoms with Crippen molar-refractivity contribution in [3.8, 4) is 0 Å². The summed E-state index contributed by atoms with van der Waals surface area (Å²) in [6.07, 6.45) is 29.8. The second kappa shape index (κ2) is 33.3. The van der Waals surface area contributed by atoms with E-state index < -0.39 is 71.2 Å². The molecule has 0 aromatic carbocycles. The first kappa shape index (κ1) is 51.4. The van der Waals surface area contributed by atoms with Crippen LogP contribution in [0.25, 0.3) is 0 Å². The minimum absolute atomic E-state index is 0.134. The Kier molecular flexibility index (Phi) is 30.6. The molecule has 0 radical (unpaired) electrons. The monoisotopic (exact) mass is 812 g/mol. The van der Waals surface area contributed by atoms with E-state index in [-0.39, 0.29) is 19.4 Å². The summed E-state index contributed by atoms with van der Waals surface area (Å²) in [6, 6.07) is 0. The predicted octanol–water partition coefficient (Wildman–Crippen LogP) is 7.78. The van der Waals surface area contributed by atoms with Gasteiger partial charge in [0, 0.05) is 12.8 Å². The first-order chi connectivity index (χ1) is 27.0. The third-order valence-corrected chi connectivity index (χ3v) is 9.93. The first-order valence-corrected chi connectivity index (χ1v) is 22.5. The minimum Gasteiger partial charge on any atom is -0.462 e. The van der Waals surface area contributed by atoms with Crippen molar-refractivity contribution in [1.82, 2.24) is 0 Å². The lowest BCUT2D eigenvalue weighted by Gasteiger charge is -2.40. The number of carbonyl (C=O) groups excluding carboxylic acids is 2. The van der Waals surface area contributed by atoms with Gasteiger partial charge in [0.15, 0.2) is 12.4 Å². The van der Waals surface area contributed by atoms with Crippen LogP contribution in [0.4, 0.5) is 0 Å². The van der Waals surface area contributed by atoms with Crippen LogP contribution in [0.15, 0.2) is 60.8 Å². The van der Waals surface area contributed by atoms with E-state index in [1.807, 2.05) is 36.5 Å². The van der Waals surface area contributed by atoms with Gasteiger partial charge in [-0.2, -0.15) is 8.42 Å². The Morgan fingerprint density at radius 3 is 1.73 bits per heavy atom. The van der Waals surface area contributed by atoms with Gasteiger partial charge in [0.2, 0.25) is 0 Å². The van der Waals surface area contributed by atoms with Crippen LogP contribution < -0.4 is 0 Å². The highest BCUT2D eigenvalue weighted by Crippen LogP contribution is 2.24. The topological polar surface area (TPSA) is 186 Å². The van der Waals surface area contributed by atoms with Gasteiger partial charge in [-0.15, -0.1) is 0 Å². The average Bonchev–Trinajstić information content (AvgIpc) is 3.16. The molecule has 12 nitrogen and oxygen atoms in total. The molecule has 0 aromatic rings. The summed E-state index contributed by atoms with van der Waals surface area (Å²) in [4.78, 5) is 25.3. The fraction of sp³-hybridized carbons (Fsp3) is 0.721. The molecular weight excluding hydrogens is 741 g/mol. The van der Waals surface area contributed by atoms with E-state index in [9.17, 15) is 37.9 Å². The van der Waals surface area contributed by atoms with Crippen molar-refractivity contribution in [1.29, 1.82) is 0 Å². The second-order valence-electron chi connectivity index (χ2n) is 14.4. The summed E-state index contributed by atoms with van der Waals surface area (Å²) in [6.45, 7) is 3.55. The van der Waals surface area contributed by atoms with E-state index in [2.05, 4.69) is 38.2 Å². The zero-order valence-electron chi connectivity index (χ0n) is 34.0. The van der Waals surface area contributed by atoms with Gasteiger partial charge in [0.1, 0.15) is 36.8 Å². The molecule has 0 saturated carbocycles. The summed E-state index contributed by atoms with van der Waals surface area (Å²) >= 11 is 0. The third-order valence-electron chi connectivity index (χ3n) is 9.18. The summed E-state index contributed by atoms with van der Waals surface area (Å²) in [7, 11) is -4.61. The third kappa shape index (κ3) is 27.9. The first-order valence-electron chi connectivity index (χ1n) is 20.9. The van der Waals surface area contributed by atoms with Gasteiger partial charge >= 0.3 is 11.9 Å². The number of aliphatic hydroxyl groups excluding tert-OH is 3. The highest BCUT2D eigenvalue weighted by molar-refractivity contribution is 7.85. The van der Waals surface area contributed by atoms with Gasteiger partial charge in [0.25, 0.3) is 10.1 Å². The Morgan fingerprint density at radius 2 is 1.14 bits per heavy atom. The van der Waals surface area contributed by atoms with Crippen LogP contribution in [0.3, 0.4) is 0 Å². The SMILES string of the molecule is CC/C=C/C=C/C=C/C=C/CCCCCCCC(=O)O[C@H](COC(=O)CCCCCCC/C=C/CCCCCC)CO[C@H]1O[C@H](CS(=O)(=O)O)[C@@H](O)C(O)C1O. The Balaban J connectivity index is 2.52. The molecule has 56 heavy (non-hydrogen) atoms. The van der Waals surface area contributed by atoms with Crippen LogP contribution in [0, 0.1) is 0 Å². The van der Waals surface area contributed by atoms with Crippen molar-refractivity contribution in [2.24, 2.45) is 0 Å². The number of rotatable bonds is 33. The molecule has 13 heteroatoms. The molecule has 2 unspecified atom stereocenters. The molecule has 1 heterocycles. The smallest absolute Gasteiger partial charge is 0.306 e. The summed E-state index contributed by atoms with van der Waals surface area (Å²) < 4.78 is 53.9. The molecule has 322 valence electrons. The average molecular weight is 813 g/mol. The predicted molar refractivity (Wildman–Crippen MR) is 219 cm³/mol. The number of hydrogen-bond donors (Lipinski definition) is 4. The van der Waals surface area contributed by atoms with Crippen molar-refractivity contribution in [2.75, 3.05) is 19.0 Å². The highest BCUT2D eigenvalue weighted by atomic mass is 32.2. The Morgan fingerprint density at radius 1 is 0.625 bits per heavy atom. The van der Waals surface area contributed by atoms with E-state index >= 15 is 0 Å². The number of aliphatic hydroxyl groups is 3. The fourth-order valence-corrected chi connectivity index (χ4v) is 6.61. The van der Waals surface area contributed by atoms with Gasteiger partial charge in [-0.3, -0.25) is 14.1 Å². The molecule has 1 aliphatic heterocycles. The van der Waals surface area contributed by atoms with Crippen LogP contribution in [0.5, 0.6) is 0 Å². The Hall–Kier alpha value is -2.65. The van der Waals surface area contributed by atoms with Crippen molar-refractivity contribution in [3.63, 3.8) is 0 Å². The molecule has 4 N–H and O–H groups in total. The number of ether oxygens (including phenoxy) is 4. The van der Waals surface area contributed by atoms with Gasteiger partial charge in [-0.25, -0.2) is 0 Å². The zero-order chi connectivity index (χ0) is 41.3. The number of hydrogen-bond acceptors (Lipinski definition) is 11. The molecule has 1 rings (SSSR count). The normalized spacial score (nSPS) is 21.3. The Bertz CT molecular complexity index is 1280. The molecule has 0 bridgehead atoms. The van der Waals surface area contributed by atoms with Gasteiger partial charge in [-0.1, -0.05) is 132 Å². The fourth-order valence-electron chi connectivity index (χ4n) is 5.92. The van der Waals surface area contributed by atoms with E-state index in [0.717, 1.165) is 77.0 Å². The van der Waals surface area contributed by atoms with Crippen molar-refractivity contribution in [2.45, 2.75) is 179 Å². The van der Waals surface area contributed by atoms with Crippen LogP contribution in [0.1, 0.15) is 142 Å². The highest BCUT2D eigenvalue weighted by Gasteiger charge is 2.46. The molecule has 0 amide bonds. The lowest BCUT2D eigenvalue weighted by atomic mass is 10.00. The lowest BCUT2D eigenvalue weighted by Crippen LogP contribution is -2.60. The van der Waals surface area contributed by atoms with Crippen molar-refractivity contribution >= 4 is 22.1 Å². The van der Waals surface area contributed by atoms with E-state index in [0.29, 0.717) is 12.8 Å². The number of allylic oxidation sites excluding steroid dienone is 10. The Labute approximate surface area is 336 Å². The van der Waals surface area contributed by atoms with Gasteiger partial charge in [-0.05, 0) is 57.8 Å². The quantitative estimate of drug-likeness (QED) is 0.0166. The maximum absolute atomic E-state index is 12.8. The summed E-state index contributed by atoms with van der Waals surface area (Å²) in [5, 5.41) is 30.8. The molecule has 1 saturated heterocycles. The van der Waals surface area contributed by atoms with Gasteiger partial charge in [0.05, 0.1) is 6.61 Å². The van der Waals surface area contributed by atoms with Crippen LogP contribution in [-0.4, -0.2) is 96.0 Å². The summed E-state index contributed by atoms with van der Waals surface area (Å²) in [5.74, 6) is -2.03. The second-order valence-corrected chi connectivity index (χ2v) is 15.9. The molecule has 1 aliphatic rings. The molecule has 0 aromatic heterocycles. The van der Waals surface area contributed by atoms with E-state index in [1.165, 1.54) is 25.7 Å². The molecular formula is C43H72O12S. The van der Waals surface area contributed by atoms with Crippen molar-refractivity contribution in [3.05, 3.63) is 60.8 Å². The molecule has 6 atom stereocenters. The van der Waals surface area contributed by atoms with E-state index in [4.69, 9.17) is 18.9 Å². The zero-order valence-corrected chi connectivity index (χ0v) is 34.8. The number of carbonyl (C=O) groups is 2. The molecule has 1 fully saturated rings. The number of unbranched alkanes of at least 4 members (excludes halogenated alkanes) is 14. The summed E-state index contributed by atoms with van der Waals surface area (Å²) in [5.41, 5.74) is 0. The van der Waals surface area contributed by atoms with Crippen LogP contribution in [0.2, 0.25) is 0 Å². The van der Waals surface area contributed by atoms with Gasteiger partial charge < -0.3 is 34.3 Å². The van der Waals surface area contributed by atoms with Crippen LogP contribution in [-0.2, 0) is 38.7 Å². The van der Waals surface area contributed by atoms with Crippen LogP contribution >= 0.6 is 0 Å². The molecule has 0 aliphatic carbocycles. The number of esters is 2. The molecule has 0 spiro atoms. The maximum Gasteiger partial charge on any atom is 0.306 e. The standard InChI is InChI=1S/C43H72O12S/c1-3-5-7-9-11-13-15-17-18-20-22-24-26-28-30-32-39(45)54-36(34-53-43-42(48)41(47)40(46)37(55-43)35-56(49,50)51)33-52-38(44)31-29-27-25-23-21-19-16-14-12-10-8-6-4-2/h5,7,9,11,13-18,36-37,40-43,46-48H,3-4,6,8,10,12,19-35H2,1-2H3,(H,49,50,51)/b7-5+,11-9+,15-13+,16-14+,18-17+/t36-,37-,40-,41?,42?,43+/m1/s1. The minimum atomic E-state index is -4.61. The van der Waals surface area contributed by atoms with E-state index in [1.54, 1.807) is 0 Å².